The zero-order valence-electron chi connectivity index (χ0n) is 12.1. The molecule has 106 valence electrons. The molecular formula is C19H15N3. The maximum Gasteiger partial charge on any atom is 0.0713 e. The largest absolute Gasteiger partial charge is 0.321 e. The number of nitrogens with zero attached hydrogens (tertiary/aromatic N) is 3. The average Bonchev–Trinajstić information content (AvgIpc) is 2.89. The van der Waals surface area contributed by atoms with E-state index >= 15 is 0 Å². The fraction of sp³-hybridized carbons (Fsp3) is 0.0526. The molecule has 0 spiro atoms. The molecule has 1 aliphatic rings. The zero-order chi connectivity index (χ0) is 14.8. The number of rotatable bonds is 2. The smallest absolute Gasteiger partial charge is 0.0713 e. The maximum atomic E-state index is 4.35. The second-order valence-electron chi connectivity index (χ2n) is 5.25. The van der Waals surface area contributed by atoms with Crippen molar-refractivity contribution in [2.75, 3.05) is 0 Å². The van der Waals surface area contributed by atoms with E-state index in [1.165, 1.54) is 10.9 Å². The lowest BCUT2D eigenvalue weighted by atomic mass is 10.1. The summed E-state index contributed by atoms with van der Waals surface area (Å²) in [6.07, 6.45) is 16.9. The van der Waals surface area contributed by atoms with Gasteiger partial charge in [0.1, 0.15) is 0 Å². The minimum atomic E-state index is 0.913. The lowest BCUT2D eigenvalue weighted by Crippen LogP contribution is -1.93. The normalized spacial score (nSPS) is 14.1. The molecule has 3 heterocycles. The van der Waals surface area contributed by atoms with Gasteiger partial charge in [-0.2, -0.15) is 0 Å². The van der Waals surface area contributed by atoms with Crippen LogP contribution in [-0.4, -0.2) is 15.8 Å². The molecule has 0 aliphatic carbocycles. The predicted molar refractivity (Wildman–Crippen MR) is 91.3 cm³/mol. The van der Waals surface area contributed by atoms with E-state index in [1.807, 2.05) is 30.9 Å². The van der Waals surface area contributed by atoms with E-state index in [9.17, 15) is 0 Å². The number of fused-ring (bicyclic) bond motifs is 1. The lowest BCUT2D eigenvalue weighted by molar-refractivity contribution is 1.07. The van der Waals surface area contributed by atoms with E-state index in [0.717, 1.165) is 23.1 Å². The molecule has 22 heavy (non-hydrogen) atoms. The Hall–Kier alpha value is -2.94. The van der Waals surface area contributed by atoms with Gasteiger partial charge in [0.05, 0.1) is 11.9 Å². The monoisotopic (exact) mass is 285 g/mol. The van der Waals surface area contributed by atoms with Crippen LogP contribution in [0.3, 0.4) is 0 Å². The number of hydrogen-bond acceptors (Lipinski definition) is 2. The number of benzene rings is 1. The molecule has 0 N–H and O–H groups in total. The van der Waals surface area contributed by atoms with Crippen LogP contribution in [0.4, 0.5) is 0 Å². The van der Waals surface area contributed by atoms with Crippen LogP contribution in [0, 0.1) is 0 Å². The summed E-state index contributed by atoms with van der Waals surface area (Å²) in [5, 5.41) is 2.35. The van der Waals surface area contributed by atoms with Gasteiger partial charge in [-0.15, -0.1) is 0 Å². The summed E-state index contributed by atoms with van der Waals surface area (Å²) in [5.41, 5.74) is 3.41. The minimum Gasteiger partial charge on any atom is -0.321 e. The van der Waals surface area contributed by atoms with Crippen LogP contribution in [-0.2, 0) is 0 Å². The van der Waals surface area contributed by atoms with Crippen molar-refractivity contribution in [1.29, 1.82) is 0 Å². The Morgan fingerprint density at radius 3 is 3.00 bits per heavy atom. The molecule has 2 aromatic heterocycles. The molecule has 1 aromatic carbocycles. The predicted octanol–water partition coefficient (Wildman–Crippen LogP) is 4.40. The van der Waals surface area contributed by atoms with Crippen molar-refractivity contribution in [3.05, 3.63) is 79.0 Å². The molecular weight excluding hydrogens is 270 g/mol. The molecule has 0 atom stereocenters. The average molecular weight is 285 g/mol. The zero-order valence-corrected chi connectivity index (χ0v) is 12.1. The number of allylic oxidation sites excluding steroid dienone is 3. The van der Waals surface area contributed by atoms with E-state index in [4.69, 9.17) is 0 Å². The molecule has 0 fully saturated rings. The van der Waals surface area contributed by atoms with Crippen LogP contribution in [0.15, 0.2) is 78.5 Å². The summed E-state index contributed by atoms with van der Waals surface area (Å²) >= 11 is 0. The third kappa shape index (κ3) is 2.27. The van der Waals surface area contributed by atoms with E-state index in [-0.39, 0.29) is 0 Å². The molecule has 4 rings (SSSR count). The Bertz CT molecular complexity index is 908. The quantitative estimate of drug-likeness (QED) is 0.686. The number of aliphatic imine (C=N–C) groups is 1. The molecule has 3 nitrogen and oxygen atoms in total. The van der Waals surface area contributed by atoms with Crippen LogP contribution < -0.4 is 0 Å². The van der Waals surface area contributed by atoms with Gasteiger partial charge in [0, 0.05) is 47.3 Å². The first-order valence-corrected chi connectivity index (χ1v) is 7.32. The summed E-state index contributed by atoms with van der Waals surface area (Å²) < 4.78 is 2.12. The first-order valence-electron chi connectivity index (χ1n) is 7.32. The van der Waals surface area contributed by atoms with Crippen molar-refractivity contribution in [3.63, 3.8) is 0 Å². The van der Waals surface area contributed by atoms with Gasteiger partial charge in [0.2, 0.25) is 0 Å². The standard InChI is InChI=1S/C19H15N3/c1-2-7-18-16(6-1)12-21-13-19(18)22-10-8-17(14-22)15-5-3-4-9-20-11-15/h1-2,4-14H,3H2. The van der Waals surface area contributed by atoms with Crippen molar-refractivity contribution in [3.8, 4) is 5.69 Å². The Balaban J connectivity index is 1.79. The van der Waals surface area contributed by atoms with Crippen molar-refractivity contribution in [2.24, 2.45) is 4.99 Å². The molecule has 1 aliphatic heterocycles. The first-order chi connectivity index (χ1) is 10.9. The highest BCUT2D eigenvalue weighted by molar-refractivity contribution is 6.10. The van der Waals surface area contributed by atoms with E-state index < -0.39 is 0 Å². The van der Waals surface area contributed by atoms with Crippen LogP contribution in [0.25, 0.3) is 22.0 Å². The molecule has 0 saturated carbocycles. The third-order valence-electron chi connectivity index (χ3n) is 3.83. The van der Waals surface area contributed by atoms with Crippen molar-refractivity contribution in [2.45, 2.75) is 6.42 Å². The Labute approximate surface area is 129 Å². The molecule has 0 bridgehead atoms. The molecule has 3 aromatic rings. The topological polar surface area (TPSA) is 30.2 Å². The Morgan fingerprint density at radius 1 is 1.05 bits per heavy atom. The fourth-order valence-corrected chi connectivity index (χ4v) is 2.71. The van der Waals surface area contributed by atoms with Gasteiger partial charge in [0.25, 0.3) is 0 Å². The van der Waals surface area contributed by atoms with Crippen molar-refractivity contribution in [1.82, 2.24) is 9.55 Å². The second-order valence-corrected chi connectivity index (χ2v) is 5.25. The second kappa shape index (κ2) is 5.45. The van der Waals surface area contributed by atoms with Crippen LogP contribution in [0.2, 0.25) is 0 Å². The summed E-state index contributed by atoms with van der Waals surface area (Å²) in [4.78, 5) is 8.62. The lowest BCUT2D eigenvalue weighted by Gasteiger charge is -2.06. The van der Waals surface area contributed by atoms with E-state index in [1.54, 1.807) is 0 Å². The summed E-state index contributed by atoms with van der Waals surface area (Å²) in [6, 6.07) is 10.4. The van der Waals surface area contributed by atoms with Crippen LogP contribution in [0.5, 0.6) is 0 Å². The first kappa shape index (κ1) is 12.8. The number of pyridine rings is 1. The highest BCUT2D eigenvalue weighted by Crippen LogP contribution is 2.23. The molecule has 3 heteroatoms. The van der Waals surface area contributed by atoms with Gasteiger partial charge in [-0.25, -0.2) is 0 Å². The number of aromatic nitrogens is 2. The van der Waals surface area contributed by atoms with Gasteiger partial charge in [-0.05, 0) is 18.1 Å². The SMILES string of the molecule is C1=CN=CC(c2ccn(-c3cncc4ccccc34)c2)=CC1. The van der Waals surface area contributed by atoms with Gasteiger partial charge in [-0.1, -0.05) is 36.4 Å². The summed E-state index contributed by atoms with van der Waals surface area (Å²) in [7, 11) is 0. The number of hydrogen-bond donors (Lipinski definition) is 0. The van der Waals surface area contributed by atoms with Gasteiger partial charge < -0.3 is 4.57 Å². The highest BCUT2D eigenvalue weighted by atomic mass is 15.0. The van der Waals surface area contributed by atoms with Gasteiger partial charge in [-0.3, -0.25) is 9.98 Å². The maximum absolute atomic E-state index is 4.35. The van der Waals surface area contributed by atoms with Crippen molar-refractivity contribution >= 4 is 22.6 Å². The van der Waals surface area contributed by atoms with Crippen LogP contribution in [0.1, 0.15) is 12.0 Å². The van der Waals surface area contributed by atoms with E-state index in [2.05, 4.69) is 63.4 Å². The third-order valence-corrected chi connectivity index (χ3v) is 3.83. The molecule has 0 unspecified atom stereocenters. The van der Waals surface area contributed by atoms with Gasteiger partial charge in [0.15, 0.2) is 0 Å². The molecule has 0 amide bonds. The Morgan fingerprint density at radius 2 is 2.00 bits per heavy atom. The summed E-state index contributed by atoms with van der Waals surface area (Å²) in [5.74, 6) is 0. The molecule has 0 saturated heterocycles. The van der Waals surface area contributed by atoms with Gasteiger partial charge >= 0.3 is 0 Å². The van der Waals surface area contributed by atoms with E-state index in [0.29, 0.717) is 0 Å². The highest BCUT2D eigenvalue weighted by Gasteiger charge is 2.06. The fourth-order valence-electron chi connectivity index (χ4n) is 2.71. The molecule has 0 radical (unpaired) electrons. The summed E-state index contributed by atoms with van der Waals surface area (Å²) in [6.45, 7) is 0. The van der Waals surface area contributed by atoms with Crippen molar-refractivity contribution < 1.29 is 0 Å². The minimum absolute atomic E-state index is 0.913. The van der Waals surface area contributed by atoms with Crippen LogP contribution >= 0.6 is 0 Å². The Kier molecular flexibility index (Phi) is 3.16.